The van der Waals surface area contributed by atoms with Gasteiger partial charge in [-0.1, -0.05) is 6.07 Å². The van der Waals surface area contributed by atoms with Crippen LogP contribution >= 0.6 is 22.6 Å². The summed E-state index contributed by atoms with van der Waals surface area (Å²) in [6.45, 7) is 2.73. The summed E-state index contributed by atoms with van der Waals surface area (Å²) in [6.07, 6.45) is 3.46. The van der Waals surface area contributed by atoms with Gasteiger partial charge in [-0.2, -0.15) is 0 Å². The molecule has 0 aliphatic heterocycles. The van der Waals surface area contributed by atoms with Gasteiger partial charge in [-0.15, -0.1) is 0 Å². The molecule has 1 aromatic carbocycles. The van der Waals surface area contributed by atoms with E-state index >= 15 is 0 Å². The van der Waals surface area contributed by atoms with E-state index in [2.05, 4.69) is 27.6 Å². The van der Waals surface area contributed by atoms with E-state index in [9.17, 15) is 4.79 Å². The Morgan fingerprint density at radius 2 is 2.14 bits per heavy atom. The van der Waals surface area contributed by atoms with Gasteiger partial charge in [0.15, 0.2) is 11.5 Å². The third-order valence-corrected chi connectivity index (χ3v) is 3.64. The van der Waals surface area contributed by atoms with Crippen LogP contribution in [0.1, 0.15) is 22.8 Å². The summed E-state index contributed by atoms with van der Waals surface area (Å²) in [6, 6.07) is 7.14. The van der Waals surface area contributed by atoms with Crippen molar-refractivity contribution >= 4 is 28.6 Å². The minimum atomic E-state index is -0.405. The lowest BCUT2D eigenvalue weighted by Crippen LogP contribution is -2.06. The highest BCUT2D eigenvalue weighted by atomic mass is 127. The van der Waals surface area contributed by atoms with Crippen molar-refractivity contribution in [3.8, 4) is 11.5 Å². The second-order valence-corrected chi connectivity index (χ2v) is 5.52. The van der Waals surface area contributed by atoms with Gasteiger partial charge in [0.1, 0.15) is 6.61 Å². The number of hydrogen-bond donors (Lipinski definition) is 0. The molecule has 2 rings (SSSR count). The van der Waals surface area contributed by atoms with E-state index in [0.717, 1.165) is 9.13 Å². The van der Waals surface area contributed by atoms with Crippen LogP contribution in [0.5, 0.6) is 11.5 Å². The number of methoxy groups -OCH3 is 1. The first-order valence-electron chi connectivity index (χ1n) is 6.72. The number of esters is 1. The molecule has 1 aromatic heterocycles. The summed E-state index contributed by atoms with van der Waals surface area (Å²) in [5.41, 5.74) is 1.39. The largest absolute Gasteiger partial charge is 0.490 e. The van der Waals surface area contributed by atoms with E-state index in [1.807, 2.05) is 19.1 Å². The number of pyridine rings is 1. The number of carbonyl (C=O) groups is 1. The lowest BCUT2D eigenvalue weighted by Gasteiger charge is -2.15. The van der Waals surface area contributed by atoms with Crippen molar-refractivity contribution in [2.24, 2.45) is 0 Å². The Morgan fingerprint density at radius 3 is 2.77 bits per heavy atom. The standard InChI is InChI=1S/C16H16INO4/c1-3-21-14-8-12(16(19)20-2)7-13(17)15(14)22-10-11-5-4-6-18-9-11/h4-9H,3,10H2,1-2H3. The Bertz CT molecular complexity index is 646. The van der Waals surface area contributed by atoms with Gasteiger partial charge in [-0.05, 0) is 47.7 Å². The highest BCUT2D eigenvalue weighted by Gasteiger charge is 2.16. The van der Waals surface area contributed by atoms with E-state index < -0.39 is 5.97 Å². The van der Waals surface area contributed by atoms with Gasteiger partial charge in [0.2, 0.25) is 0 Å². The molecule has 5 nitrogen and oxygen atoms in total. The summed E-state index contributed by atoms with van der Waals surface area (Å²) in [5.74, 6) is 0.732. The van der Waals surface area contributed by atoms with Crippen LogP contribution in [0.4, 0.5) is 0 Å². The Hall–Kier alpha value is -1.83. The first kappa shape index (κ1) is 16.5. The second kappa shape index (κ2) is 7.98. The van der Waals surface area contributed by atoms with Crippen LogP contribution in [0.25, 0.3) is 0 Å². The molecular formula is C16H16INO4. The predicted octanol–water partition coefficient (Wildman–Crippen LogP) is 3.45. The number of rotatable bonds is 6. The Balaban J connectivity index is 2.27. The van der Waals surface area contributed by atoms with Crippen LogP contribution in [-0.2, 0) is 11.3 Å². The van der Waals surface area contributed by atoms with Gasteiger partial charge in [0.05, 0.1) is 22.9 Å². The number of nitrogens with zero attached hydrogens (tertiary/aromatic N) is 1. The molecule has 0 N–H and O–H groups in total. The lowest BCUT2D eigenvalue weighted by molar-refractivity contribution is 0.0600. The molecule has 0 unspecified atom stereocenters. The minimum absolute atomic E-state index is 0.376. The Morgan fingerprint density at radius 1 is 1.32 bits per heavy atom. The fourth-order valence-electron chi connectivity index (χ4n) is 1.85. The van der Waals surface area contributed by atoms with Crippen molar-refractivity contribution in [1.29, 1.82) is 0 Å². The first-order chi connectivity index (χ1) is 10.7. The van der Waals surface area contributed by atoms with E-state index in [1.165, 1.54) is 7.11 Å². The monoisotopic (exact) mass is 413 g/mol. The summed E-state index contributed by atoms with van der Waals surface area (Å²) in [4.78, 5) is 15.7. The zero-order chi connectivity index (χ0) is 15.9. The van der Waals surface area contributed by atoms with E-state index in [1.54, 1.807) is 24.5 Å². The fraction of sp³-hybridized carbons (Fsp3) is 0.250. The highest BCUT2D eigenvalue weighted by Crippen LogP contribution is 2.35. The molecule has 0 amide bonds. The minimum Gasteiger partial charge on any atom is -0.490 e. The fourth-order valence-corrected chi connectivity index (χ4v) is 2.60. The normalized spacial score (nSPS) is 10.1. The van der Waals surface area contributed by atoms with Crippen molar-refractivity contribution in [2.45, 2.75) is 13.5 Å². The molecule has 0 aliphatic carbocycles. The van der Waals surface area contributed by atoms with Crippen LogP contribution in [-0.4, -0.2) is 24.7 Å². The zero-order valence-electron chi connectivity index (χ0n) is 12.3. The lowest BCUT2D eigenvalue weighted by atomic mass is 10.2. The number of benzene rings is 1. The first-order valence-corrected chi connectivity index (χ1v) is 7.80. The maximum absolute atomic E-state index is 11.7. The topological polar surface area (TPSA) is 57.7 Å². The van der Waals surface area contributed by atoms with Gasteiger partial charge < -0.3 is 14.2 Å². The third-order valence-electron chi connectivity index (χ3n) is 2.84. The SMILES string of the molecule is CCOc1cc(C(=O)OC)cc(I)c1OCc1cccnc1. The van der Waals surface area contributed by atoms with E-state index in [4.69, 9.17) is 14.2 Å². The quantitative estimate of drug-likeness (QED) is 0.537. The molecule has 0 atom stereocenters. The number of hydrogen-bond acceptors (Lipinski definition) is 5. The van der Waals surface area contributed by atoms with Gasteiger partial charge in [-0.3, -0.25) is 4.98 Å². The van der Waals surface area contributed by atoms with E-state index in [0.29, 0.717) is 30.3 Å². The molecule has 0 spiro atoms. The molecule has 6 heteroatoms. The molecule has 0 bridgehead atoms. The molecule has 1 heterocycles. The van der Waals surface area contributed by atoms with Crippen LogP contribution < -0.4 is 9.47 Å². The van der Waals surface area contributed by atoms with Gasteiger partial charge >= 0.3 is 5.97 Å². The summed E-state index contributed by atoms with van der Waals surface area (Å²) in [7, 11) is 1.35. The van der Waals surface area contributed by atoms with Gasteiger partial charge in [0, 0.05) is 18.0 Å². The Labute approximate surface area is 142 Å². The highest BCUT2D eigenvalue weighted by molar-refractivity contribution is 14.1. The van der Waals surface area contributed by atoms with Crippen LogP contribution in [0.2, 0.25) is 0 Å². The van der Waals surface area contributed by atoms with Gasteiger partial charge in [0.25, 0.3) is 0 Å². The molecule has 0 saturated carbocycles. The van der Waals surface area contributed by atoms with Crippen LogP contribution in [0.15, 0.2) is 36.7 Å². The summed E-state index contributed by atoms with van der Waals surface area (Å²) >= 11 is 2.12. The molecule has 0 aliphatic rings. The van der Waals surface area contributed by atoms with Crippen molar-refractivity contribution in [2.75, 3.05) is 13.7 Å². The number of aromatic nitrogens is 1. The molecule has 22 heavy (non-hydrogen) atoms. The molecule has 2 aromatic rings. The second-order valence-electron chi connectivity index (χ2n) is 4.36. The van der Waals surface area contributed by atoms with E-state index in [-0.39, 0.29) is 0 Å². The molecule has 0 radical (unpaired) electrons. The average molecular weight is 413 g/mol. The zero-order valence-corrected chi connectivity index (χ0v) is 14.5. The van der Waals surface area contributed by atoms with Crippen molar-refractivity contribution < 1.29 is 19.0 Å². The molecule has 0 saturated heterocycles. The molecular weight excluding hydrogens is 397 g/mol. The number of carbonyl (C=O) groups excluding carboxylic acids is 1. The predicted molar refractivity (Wildman–Crippen MR) is 90.2 cm³/mol. The number of halogens is 1. The molecule has 0 fully saturated rings. The summed E-state index contributed by atoms with van der Waals surface area (Å²) < 4.78 is 17.0. The van der Waals surface area contributed by atoms with Crippen LogP contribution in [0, 0.1) is 3.57 Å². The van der Waals surface area contributed by atoms with Crippen molar-refractivity contribution in [3.05, 3.63) is 51.4 Å². The summed E-state index contributed by atoms with van der Waals surface area (Å²) in [5, 5.41) is 0. The smallest absolute Gasteiger partial charge is 0.338 e. The maximum atomic E-state index is 11.7. The maximum Gasteiger partial charge on any atom is 0.338 e. The number of ether oxygens (including phenoxy) is 3. The van der Waals surface area contributed by atoms with Crippen LogP contribution in [0.3, 0.4) is 0 Å². The third kappa shape index (κ3) is 4.09. The molecule has 116 valence electrons. The average Bonchev–Trinajstić information content (AvgIpc) is 2.54. The van der Waals surface area contributed by atoms with Gasteiger partial charge in [-0.25, -0.2) is 4.79 Å². The van der Waals surface area contributed by atoms with Crippen molar-refractivity contribution in [3.63, 3.8) is 0 Å². The Kier molecular flexibility index (Phi) is 6.00. The van der Waals surface area contributed by atoms with Crippen molar-refractivity contribution in [1.82, 2.24) is 4.98 Å².